The molecule has 2 unspecified atom stereocenters. The molecule has 2 aromatic carbocycles. The van der Waals surface area contributed by atoms with Crippen LogP contribution in [0.1, 0.15) is 37.5 Å². The lowest BCUT2D eigenvalue weighted by molar-refractivity contribution is -0.132. The molecule has 4 nitrogen and oxygen atoms in total. The van der Waals surface area contributed by atoms with Crippen molar-refractivity contribution < 1.29 is 13.9 Å². The number of hydrogen-bond donors (Lipinski definition) is 0. The molecule has 1 aliphatic heterocycles. The van der Waals surface area contributed by atoms with Gasteiger partial charge in [0.1, 0.15) is 17.6 Å². The molecule has 29 heavy (non-hydrogen) atoms. The fourth-order valence-corrected chi connectivity index (χ4v) is 4.53. The number of benzene rings is 2. The van der Waals surface area contributed by atoms with Gasteiger partial charge in [-0.15, -0.1) is 11.8 Å². The van der Waals surface area contributed by atoms with E-state index in [-0.39, 0.29) is 23.0 Å². The van der Waals surface area contributed by atoms with Gasteiger partial charge in [-0.3, -0.25) is 9.79 Å². The molecule has 0 aliphatic carbocycles. The highest BCUT2D eigenvalue weighted by atomic mass is 32.2. The van der Waals surface area contributed by atoms with Crippen LogP contribution in [0.2, 0.25) is 0 Å². The van der Waals surface area contributed by atoms with Crippen molar-refractivity contribution in [3.05, 3.63) is 66.0 Å². The van der Waals surface area contributed by atoms with Crippen molar-refractivity contribution in [2.75, 3.05) is 19.7 Å². The van der Waals surface area contributed by atoms with Crippen LogP contribution < -0.4 is 4.74 Å². The maximum atomic E-state index is 13.3. The van der Waals surface area contributed by atoms with E-state index in [0.717, 1.165) is 17.0 Å². The van der Waals surface area contributed by atoms with Gasteiger partial charge in [-0.25, -0.2) is 4.39 Å². The zero-order valence-corrected chi connectivity index (χ0v) is 17.7. The quantitative estimate of drug-likeness (QED) is 0.536. The molecule has 0 radical (unpaired) electrons. The molecule has 6 heteroatoms. The van der Waals surface area contributed by atoms with Crippen molar-refractivity contribution in [1.29, 1.82) is 0 Å². The number of carbonyl (C=O) groups excluding carboxylic acids is 1. The van der Waals surface area contributed by atoms with Crippen molar-refractivity contribution in [2.45, 2.75) is 38.0 Å². The van der Waals surface area contributed by atoms with E-state index in [2.05, 4.69) is 24.0 Å². The van der Waals surface area contributed by atoms with E-state index in [0.29, 0.717) is 31.9 Å². The highest BCUT2D eigenvalue weighted by Crippen LogP contribution is 2.40. The van der Waals surface area contributed by atoms with Crippen molar-refractivity contribution in [3.8, 4) is 5.75 Å². The van der Waals surface area contributed by atoms with E-state index in [9.17, 15) is 9.18 Å². The Morgan fingerprint density at radius 3 is 2.55 bits per heavy atom. The monoisotopic (exact) mass is 414 g/mol. The maximum absolute atomic E-state index is 13.3. The van der Waals surface area contributed by atoms with Gasteiger partial charge in [-0.1, -0.05) is 37.3 Å². The number of rotatable bonds is 9. The minimum absolute atomic E-state index is 0.0264. The number of amides is 1. The summed E-state index contributed by atoms with van der Waals surface area (Å²) in [5, 5.41) is 0.979. The first-order valence-corrected chi connectivity index (χ1v) is 10.9. The number of nitrogens with zero attached hydrogens (tertiary/aromatic N) is 2. The molecule has 0 N–H and O–H groups in total. The Morgan fingerprint density at radius 1 is 1.14 bits per heavy atom. The predicted octanol–water partition coefficient (Wildman–Crippen LogP) is 5.11. The summed E-state index contributed by atoms with van der Waals surface area (Å²) in [6.07, 6.45) is 1.60. The van der Waals surface area contributed by atoms with Crippen LogP contribution >= 0.6 is 11.8 Å². The molecular formula is C23H27FN2O2S. The molecule has 0 aromatic heterocycles. The average Bonchev–Trinajstić information content (AvgIpc) is 3.13. The lowest BCUT2D eigenvalue weighted by Crippen LogP contribution is -2.41. The third kappa shape index (κ3) is 5.82. The number of hydrogen-bond acceptors (Lipinski definition) is 4. The first-order valence-electron chi connectivity index (χ1n) is 10.0. The van der Waals surface area contributed by atoms with E-state index in [1.54, 1.807) is 23.9 Å². The molecule has 1 amide bonds. The van der Waals surface area contributed by atoms with E-state index in [1.165, 1.54) is 12.1 Å². The van der Waals surface area contributed by atoms with Crippen LogP contribution in [0.15, 0.2) is 59.6 Å². The van der Waals surface area contributed by atoms with Crippen molar-refractivity contribution >= 4 is 22.7 Å². The second kappa shape index (κ2) is 10.4. The van der Waals surface area contributed by atoms with Gasteiger partial charge in [0, 0.05) is 13.1 Å². The molecule has 0 spiro atoms. The Hall–Kier alpha value is -2.34. The van der Waals surface area contributed by atoms with Crippen LogP contribution in [-0.4, -0.2) is 41.6 Å². The topological polar surface area (TPSA) is 41.9 Å². The zero-order chi connectivity index (χ0) is 20.6. The SMILES string of the molecule is CCCN(CCCOc1ccc(F)cc1)C(=O)C1N=C(C)SC1c1ccccc1. The summed E-state index contributed by atoms with van der Waals surface area (Å²) < 4.78 is 18.6. The highest BCUT2D eigenvalue weighted by molar-refractivity contribution is 8.14. The van der Waals surface area contributed by atoms with Crippen molar-refractivity contribution in [2.24, 2.45) is 4.99 Å². The second-order valence-corrected chi connectivity index (χ2v) is 8.36. The lowest BCUT2D eigenvalue weighted by Gasteiger charge is -2.27. The predicted molar refractivity (Wildman–Crippen MR) is 117 cm³/mol. The number of halogens is 1. The third-order valence-corrected chi connectivity index (χ3v) is 5.98. The Bertz CT molecular complexity index is 827. The van der Waals surface area contributed by atoms with Crippen LogP contribution in [0.3, 0.4) is 0 Å². The van der Waals surface area contributed by atoms with Crippen LogP contribution in [0.25, 0.3) is 0 Å². The minimum atomic E-state index is -0.382. The lowest BCUT2D eigenvalue weighted by atomic mass is 10.0. The molecule has 1 aliphatic rings. The molecule has 0 saturated heterocycles. The van der Waals surface area contributed by atoms with Crippen LogP contribution in [-0.2, 0) is 4.79 Å². The summed E-state index contributed by atoms with van der Waals surface area (Å²) in [5.41, 5.74) is 1.13. The summed E-state index contributed by atoms with van der Waals surface area (Å²) >= 11 is 1.66. The zero-order valence-electron chi connectivity index (χ0n) is 16.9. The Labute approximate surface area is 176 Å². The molecule has 0 bridgehead atoms. The fraction of sp³-hybridized carbons (Fsp3) is 0.391. The van der Waals surface area contributed by atoms with Crippen molar-refractivity contribution in [3.63, 3.8) is 0 Å². The molecule has 2 aromatic rings. The summed E-state index contributed by atoms with van der Waals surface area (Å²) in [4.78, 5) is 19.8. The number of carbonyl (C=O) groups is 1. The summed E-state index contributed by atoms with van der Waals surface area (Å²) in [6.45, 7) is 5.83. The van der Waals surface area contributed by atoms with Crippen LogP contribution in [0, 0.1) is 5.82 Å². The van der Waals surface area contributed by atoms with Crippen molar-refractivity contribution in [1.82, 2.24) is 4.90 Å². The van der Waals surface area contributed by atoms with Crippen LogP contribution in [0.5, 0.6) is 5.75 Å². The third-order valence-electron chi connectivity index (χ3n) is 4.75. The van der Waals surface area contributed by atoms with E-state index in [4.69, 9.17) is 4.74 Å². The first kappa shape index (κ1) is 21.4. The summed E-state index contributed by atoms with van der Waals surface area (Å²) in [6, 6.07) is 15.7. The average molecular weight is 415 g/mol. The maximum Gasteiger partial charge on any atom is 0.248 e. The van der Waals surface area contributed by atoms with E-state index in [1.807, 2.05) is 30.0 Å². The second-order valence-electron chi connectivity index (χ2n) is 7.02. The molecular weight excluding hydrogens is 387 g/mol. The van der Waals surface area contributed by atoms with Gasteiger partial charge < -0.3 is 9.64 Å². The Kier molecular flexibility index (Phi) is 7.69. The van der Waals surface area contributed by atoms with E-state index < -0.39 is 0 Å². The van der Waals surface area contributed by atoms with Gasteiger partial charge >= 0.3 is 0 Å². The molecule has 1 heterocycles. The number of aliphatic imine (C=N–C) groups is 1. The minimum Gasteiger partial charge on any atom is -0.494 e. The standard InChI is InChI=1S/C23H27FN2O2S/c1-3-14-26(15-7-16-28-20-12-10-19(24)11-13-20)23(27)21-22(29-17(2)25-21)18-8-5-4-6-9-18/h4-6,8-13,21-22H,3,7,14-16H2,1-2H3. The largest absolute Gasteiger partial charge is 0.494 e. The van der Waals surface area contributed by atoms with Gasteiger partial charge in [0.05, 0.1) is 16.9 Å². The fourth-order valence-electron chi connectivity index (χ4n) is 3.39. The van der Waals surface area contributed by atoms with Gasteiger partial charge in [-0.2, -0.15) is 0 Å². The molecule has 2 atom stereocenters. The molecule has 154 valence electrons. The summed E-state index contributed by atoms with van der Waals surface area (Å²) in [7, 11) is 0. The van der Waals surface area contributed by atoms with Gasteiger partial charge in [0.2, 0.25) is 5.91 Å². The highest BCUT2D eigenvalue weighted by Gasteiger charge is 2.37. The van der Waals surface area contributed by atoms with Gasteiger partial charge in [-0.05, 0) is 49.6 Å². The van der Waals surface area contributed by atoms with Crippen LogP contribution in [0.4, 0.5) is 4.39 Å². The Balaban J connectivity index is 1.59. The van der Waals surface area contributed by atoms with Gasteiger partial charge in [0.25, 0.3) is 0 Å². The first-order chi connectivity index (χ1) is 14.1. The normalized spacial score (nSPS) is 18.4. The Morgan fingerprint density at radius 2 is 1.86 bits per heavy atom. The van der Waals surface area contributed by atoms with Gasteiger partial charge in [0.15, 0.2) is 0 Å². The summed E-state index contributed by atoms with van der Waals surface area (Å²) in [5.74, 6) is 0.429. The smallest absolute Gasteiger partial charge is 0.248 e. The molecule has 0 saturated carbocycles. The molecule has 0 fully saturated rings. The van der Waals surface area contributed by atoms with E-state index >= 15 is 0 Å². The molecule has 3 rings (SSSR count). The number of ether oxygens (including phenoxy) is 1. The number of thioether (sulfide) groups is 1.